The van der Waals surface area contributed by atoms with Gasteiger partial charge in [-0.2, -0.15) is 0 Å². The molecule has 0 aliphatic heterocycles. The van der Waals surface area contributed by atoms with Gasteiger partial charge in [-0.25, -0.2) is 0 Å². The van der Waals surface area contributed by atoms with Crippen molar-refractivity contribution in [1.82, 2.24) is 0 Å². The van der Waals surface area contributed by atoms with Gasteiger partial charge in [-0.1, -0.05) is 103 Å². The molecule has 0 aromatic rings. The Hall–Kier alpha value is 0. The highest BCUT2D eigenvalue weighted by Gasteiger charge is 2.30. The van der Waals surface area contributed by atoms with Crippen LogP contribution in [0.25, 0.3) is 0 Å². The third kappa shape index (κ3) is 5.00. The number of fused-ring (bicyclic) bond motifs is 2. The van der Waals surface area contributed by atoms with Crippen LogP contribution in [0.4, 0.5) is 0 Å². The molecule has 4 aliphatic carbocycles. The van der Waals surface area contributed by atoms with E-state index in [0.29, 0.717) is 0 Å². The van der Waals surface area contributed by atoms with Gasteiger partial charge in [-0.15, -0.1) is 0 Å². The average Bonchev–Trinajstić information content (AvgIpc) is 2.95. The Morgan fingerprint density at radius 2 is 0.667 bits per heavy atom. The van der Waals surface area contributed by atoms with Gasteiger partial charge in [-0.3, -0.25) is 0 Å². The predicted octanol–water partition coefficient (Wildman–Crippen LogP) is 7.12. The molecule has 0 atom stereocenters. The Kier molecular flexibility index (Phi) is 6.49. The van der Waals surface area contributed by atoms with E-state index in [0.717, 1.165) is 11.8 Å². The molecule has 0 radical (unpaired) electrons. The molecule has 4 saturated carbocycles. The van der Waals surface area contributed by atoms with Gasteiger partial charge in [0.1, 0.15) is 0 Å². The maximum Gasteiger partial charge on any atom is -0.0386 e. The molecule has 0 spiro atoms. The van der Waals surface area contributed by atoms with Crippen molar-refractivity contribution >= 4 is 0 Å². The van der Waals surface area contributed by atoms with Crippen molar-refractivity contribution in [1.29, 1.82) is 0 Å². The van der Waals surface area contributed by atoms with E-state index in [-0.39, 0.29) is 0 Å². The van der Waals surface area contributed by atoms with Crippen molar-refractivity contribution in [3.63, 3.8) is 0 Å². The van der Waals surface area contributed by atoms with Gasteiger partial charge < -0.3 is 0 Å². The zero-order valence-electron chi connectivity index (χ0n) is 14.3. The molecule has 4 fully saturated rings. The van der Waals surface area contributed by atoms with Gasteiger partial charge in [0, 0.05) is 0 Å². The zero-order chi connectivity index (χ0) is 14.3. The molecule has 4 rings (SSSR count). The first-order valence-corrected chi connectivity index (χ1v) is 10.4. The maximum atomic E-state index is 1.58. The molecule has 122 valence electrons. The van der Waals surface area contributed by atoms with Crippen LogP contribution in [-0.2, 0) is 0 Å². The van der Waals surface area contributed by atoms with Crippen molar-refractivity contribution in [2.24, 2.45) is 23.7 Å². The van der Waals surface area contributed by atoms with Crippen LogP contribution in [0.2, 0.25) is 0 Å². The summed E-state index contributed by atoms with van der Waals surface area (Å²) in [6.45, 7) is 0. The van der Waals surface area contributed by atoms with Crippen molar-refractivity contribution in [2.75, 3.05) is 0 Å². The summed E-state index contributed by atoms with van der Waals surface area (Å²) in [5.74, 6) is 4.58. The molecule has 21 heavy (non-hydrogen) atoms. The highest BCUT2D eigenvalue weighted by atomic mass is 14.4. The number of rotatable bonds is 1. The quantitative estimate of drug-likeness (QED) is 0.451. The van der Waals surface area contributed by atoms with E-state index in [4.69, 9.17) is 0 Å². The van der Waals surface area contributed by atoms with Crippen LogP contribution in [-0.4, -0.2) is 0 Å². The molecule has 0 aromatic heterocycles. The van der Waals surface area contributed by atoms with E-state index in [1.54, 1.807) is 57.8 Å². The van der Waals surface area contributed by atoms with Crippen LogP contribution in [0.1, 0.15) is 109 Å². The second-order valence-corrected chi connectivity index (χ2v) is 8.63. The minimum Gasteiger partial charge on any atom is -0.0533 e. The maximum absolute atomic E-state index is 1.58. The Labute approximate surface area is 133 Å². The van der Waals surface area contributed by atoms with Crippen molar-refractivity contribution in [3.8, 4) is 0 Å². The van der Waals surface area contributed by atoms with Crippen LogP contribution in [0.5, 0.6) is 0 Å². The lowest BCUT2D eigenvalue weighted by molar-refractivity contribution is 0.269. The highest BCUT2D eigenvalue weighted by molar-refractivity contribution is 4.82. The van der Waals surface area contributed by atoms with Gasteiger partial charge in [0.25, 0.3) is 0 Å². The average molecular weight is 291 g/mol. The van der Waals surface area contributed by atoms with Gasteiger partial charge >= 0.3 is 0 Å². The van der Waals surface area contributed by atoms with E-state index in [2.05, 4.69) is 0 Å². The van der Waals surface area contributed by atoms with Crippen LogP contribution >= 0.6 is 0 Å². The van der Waals surface area contributed by atoms with E-state index < -0.39 is 0 Å². The van der Waals surface area contributed by atoms with E-state index in [1.807, 2.05) is 0 Å². The topological polar surface area (TPSA) is 0 Å². The van der Waals surface area contributed by atoms with Crippen LogP contribution in [0, 0.1) is 23.7 Å². The van der Waals surface area contributed by atoms with Crippen molar-refractivity contribution in [3.05, 3.63) is 0 Å². The smallest absolute Gasteiger partial charge is 0.0386 e. The first-order chi connectivity index (χ1) is 10.4. The molecule has 0 unspecified atom stereocenters. The van der Waals surface area contributed by atoms with Crippen molar-refractivity contribution in [2.45, 2.75) is 109 Å². The molecule has 0 N–H and O–H groups in total. The van der Waals surface area contributed by atoms with Crippen LogP contribution in [0.3, 0.4) is 0 Å². The summed E-state index contributed by atoms with van der Waals surface area (Å²) in [6.07, 6.45) is 26.2. The predicted molar refractivity (Wildman–Crippen MR) is 92.4 cm³/mol. The largest absolute Gasteiger partial charge is 0.0533 e. The molecule has 0 heterocycles. The van der Waals surface area contributed by atoms with E-state index in [9.17, 15) is 0 Å². The molecule has 4 aliphatic rings. The minimum atomic E-state index is 1.12. The summed E-state index contributed by atoms with van der Waals surface area (Å²) in [5.41, 5.74) is 0. The molecular weight excluding hydrogens is 252 g/mol. The normalized spacial score (nSPS) is 34.9. The monoisotopic (exact) mass is 290 g/mol. The fourth-order valence-electron chi connectivity index (χ4n) is 5.74. The standard InChI is InChI=1S/C14H26.C7H12/c1-2-6-10-13(9-5-1)14-11-7-3-4-8-12-14;1-2-7-4-3-6(1)5-7/h13-14H,1-12H2;6-7H,1-5H2. The summed E-state index contributed by atoms with van der Waals surface area (Å²) in [5, 5.41) is 0. The molecule has 0 heteroatoms. The first kappa shape index (κ1) is 15.9. The Bertz CT molecular complexity index is 230. The van der Waals surface area contributed by atoms with Gasteiger partial charge in [0.05, 0.1) is 0 Å². The fourth-order valence-corrected chi connectivity index (χ4v) is 5.74. The van der Waals surface area contributed by atoms with Crippen LogP contribution < -0.4 is 0 Å². The summed E-state index contributed by atoms with van der Waals surface area (Å²) in [6, 6.07) is 0. The van der Waals surface area contributed by atoms with Crippen molar-refractivity contribution < 1.29 is 0 Å². The molecule has 0 saturated heterocycles. The lowest BCUT2D eigenvalue weighted by Crippen LogP contribution is -2.13. The Morgan fingerprint density at radius 3 is 0.905 bits per heavy atom. The summed E-state index contributed by atoms with van der Waals surface area (Å²) in [4.78, 5) is 0. The number of hydrogen-bond acceptors (Lipinski definition) is 0. The SMILES string of the molecule is C1CC2CCC1C2.C1CCCC(C2CCCCCC2)CC1. The number of hydrogen-bond donors (Lipinski definition) is 0. The second kappa shape index (κ2) is 8.59. The summed E-state index contributed by atoms with van der Waals surface area (Å²) >= 11 is 0. The van der Waals surface area contributed by atoms with Crippen LogP contribution in [0.15, 0.2) is 0 Å². The molecule has 2 bridgehead atoms. The zero-order valence-corrected chi connectivity index (χ0v) is 14.3. The molecule has 0 aromatic carbocycles. The molecule has 0 amide bonds. The Balaban J connectivity index is 0.000000156. The van der Waals surface area contributed by atoms with Gasteiger partial charge in [-0.05, 0) is 30.1 Å². The fraction of sp³-hybridized carbons (Fsp3) is 1.00. The molecule has 0 nitrogen and oxygen atoms in total. The van der Waals surface area contributed by atoms with E-state index in [1.165, 1.54) is 63.2 Å². The summed E-state index contributed by atoms with van der Waals surface area (Å²) < 4.78 is 0. The van der Waals surface area contributed by atoms with Gasteiger partial charge in [0.2, 0.25) is 0 Å². The highest BCUT2D eigenvalue weighted by Crippen LogP contribution is 2.43. The van der Waals surface area contributed by atoms with E-state index >= 15 is 0 Å². The van der Waals surface area contributed by atoms with Gasteiger partial charge in [0.15, 0.2) is 0 Å². The first-order valence-electron chi connectivity index (χ1n) is 10.4. The third-order valence-corrected chi connectivity index (χ3v) is 7.10. The lowest BCUT2D eigenvalue weighted by Gasteiger charge is -2.24. The summed E-state index contributed by atoms with van der Waals surface area (Å²) in [7, 11) is 0. The minimum absolute atomic E-state index is 1.12. The lowest BCUT2D eigenvalue weighted by atomic mass is 9.81. The Morgan fingerprint density at radius 1 is 0.333 bits per heavy atom. The molecular formula is C21H38. The second-order valence-electron chi connectivity index (χ2n) is 8.63. The third-order valence-electron chi connectivity index (χ3n) is 7.10.